The van der Waals surface area contributed by atoms with Gasteiger partial charge in [0.2, 0.25) is 0 Å². The van der Waals surface area contributed by atoms with Crippen LogP contribution in [0.3, 0.4) is 0 Å². The lowest BCUT2D eigenvalue weighted by molar-refractivity contribution is 0.756. The van der Waals surface area contributed by atoms with Gasteiger partial charge in [0.25, 0.3) is 0 Å². The Kier molecular flexibility index (Phi) is 3.13. The van der Waals surface area contributed by atoms with E-state index in [0.29, 0.717) is 0 Å². The van der Waals surface area contributed by atoms with Gasteiger partial charge in [0.15, 0.2) is 0 Å². The van der Waals surface area contributed by atoms with Gasteiger partial charge in [-0.3, -0.25) is 9.67 Å². The number of rotatable bonds is 3. The van der Waals surface area contributed by atoms with E-state index < -0.39 is 0 Å². The van der Waals surface area contributed by atoms with Crippen molar-refractivity contribution in [3.8, 4) is 0 Å². The molecule has 1 atom stereocenters. The summed E-state index contributed by atoms with van der Waals surface area (Å²) in [5.41, 5.74) is 4.56. The molecule has 0 amide bonds. The second kappa shape index (κ2) is 4.57. The first kappa shape index (κ1) is 11.6. The van der Waals surface area contributed by atoms with Crippen molar-refractivity contribution >= 4 is 5.69 Å². The summed E-state index contributed by atoms with van der Waals surface area (Å²) in [6, 6.07) is 2.23. The second-order valence-corrected chi connectivity index (χ2v) is 4.40. The van der Waals surface area contributed by atoms with Gasteiger partial charge >= 0.3 is 0 Å². The summed E-state index contributed by atoms with van der Waals surface area (Å²) in [4.78, 5) is 4.14. The summed E-state index contributed by atoms with van der Waals surface area (Å²) in [6.45, 7) is 6.24. The Balaban J connectivity index is 2.20. The van der Waals surface area contributed by atoms with Crippen molar-refractivity contribution in [2.45, 2.75) is 26.8 Å². The summed E-state index contributed by atoms with van der Waals surface area (Å²) in [6.07, 6.45) is 5.72. The van der Waals surface area contributed by atoms with Crippen LogP contribution in [0.15, 0.2) is 24.7 Å². The summed E-state index contributed by atoms with van der Waals surface area (Å²) in [7, 11) is 1.94. The van der Waals surface area contributed by atoms with Crippen molar-refractivity contribution < 1.29 is 0 Å². The third-order valence-electron chi connectivity index (χ3n) is 2.93. The average molecular weight is 230 g/mol. The maximum Gasteiger partial charge on any atom is 0.0646 e. The first-order valence-electron chi connectivity index (χ1n) is 5.75. The van der Waals surface area contributed by atoms with Gasteiger partial charge in [0.1, 0.15) is 0 Å². The van der Waals surface area contributed by atoms with Crippen molar-refractivity contribution in [2.75, 3.05) is 5.32 Å². The predicted octanol–water partition coefficient (Wildman–Crippen LogP) is 2.61. The summed E-state index contributed by atoms with van der Waals surface area (Å²) < 4.78 is 1.85. The van der Waals surface area contributed by atoms with Crippen molar-refractivity contribution in [3.05, 3.63) is 41.5 Å². The van der Waals surface area contributed by atoms with Crippen molar-refractivity contribution in [1.82, 2.24) is 14.8 Å². The molecule has 0 radical (unpaired) electrons. The topological polar surface area (TPSA) is 42.7 Å². The van der Waals surface area contributed by atoms with Gasteiger partial charge in [0, 0.05) is 25.0 Å². The fourth-order valence-corrected chi connectivity index (χ4v) is 1.97. The first-order chi connectivity index (χ1) is 8.08. The fourth-order valence-electron chi connectivity index (χ4n) is 1.97. The van der Waals surface area contributed by atoms with Crippen molar-refractivity contribution in [2.24, 2.45) is 7.05 Å². The van der Waals surface area contributed by atoms with Gasteiger partial charge in [-0.2, -0.15) is 5.10 Å². The Morgan fingerprint density at radius 2 is 2.12 bits per heavy atom. The lowest BCUT2D eigenvalue weighted by Crippen LogP contribution is -2.08. The lowest BCUT2D eigenvalue weighted by atomic mass is 10.1. The minimum atomic E-state index is 0.228. The van der Waals surface area contributed by atoms with E-state index in [1.165, 1.54) is 11.1 Å². The molecule has 0 aliphatic heterocycles. The Hall–Kier alpha value is -1.84. The number of nitrogens with zero attached hydrogens (tertiary/aromatic N) is 3. The average Bonchev–Trinajstić information content (AvgIpc) is 2.61. The SMILES string of the molecule is Cc1ccncc1NC(C)c1cn(C)nc1C. The molecule has 0 bridgehead atoms. The molecule has 4 heteroatoms. The van der Waals surface area contributed by atoms with E-state index >= 15 is 0 Å². The van der Waals surface area contributed by atoms with E-state index in [2.05, 4.69) is 35.4 Å². The Morgan fingerprint density at radius 3 is 2.71 bits per heavy atom. The molecular weight excluding hydrogens is 212 g/mol. The number of aromatic nitrogens is 3. The lowest BCUT2D eigenvalue weighted by Gasteiger charge is -2.15. The molecule has 4 nitrogen and oxygen atoms in total. The number of anilines is 1. The molecule has 90 valence electrons. The van der Waals surface area contributed by atoms with Crippen molar-refractivity contribution in [3.63, 3.8) is 0 Å². The maximum absolute atomic E-state index is 4.36. The number of hydrogen-bond donors (Lipinski definition) is 1. The molecule has 0 saturated carbocycles. The third-order valence-corrected chi connectivity index (χ3v) is 2.93. The molecule has 2 rings (SSSR count). The molecule has 0 aliphatic carbocycles. The zero-order valence-electron chi connectivity index (χ0n) is 10.7. The molecule has 0 aromatic carbocycles. The quantitative estimate of drug-likeness (QED) is 0.881. The van der Waals surface area contributed by atoms with Gasteiger partial charge in [0.05, 0.1) is 23.6 Å². The van der Waals surface area contributed by atoms with Crippen LogP contribution in [0.4, 0.5) is 5.69 Å². The van der Waals surface area contributed by atoms with E-state index in [-0.39, 0.29) is 6.04 Å². The smallest absolute Gasteiger partial charge is 0.0646 e. The minimum absolute atomic E-state index is 0.228. The molecule has 0 fully saturated rings. The highest BCUT2D eigenvalue weighted by atomic mass is 15.3. The highest BCUT2D eigenvalue weighted by Crippen LogP contribution is 2.22. The zero-order valence-corrected chi connectivity index (χ0v) is 10.7. The zero-order chi connectivity index (χ0) is 12.4. The molecule has 0 spiro atoms. The Morgan fingerprint density at radius 1 is 1.35 bits per heavy atom. The van der Waals surface area contributed by atoms with Gasteiger partial charge in [-0.25, -0.2) is 0 Å². The van der Waals surface area contributed by atoms with E-state index in [4.69, 9.17) is 0 Å². The molecule has 17 heavy (non-hydrogen) atoms. The molecule has 1 unspecified atom stereocenters. The minimum Gasteiger partial charge on any atom is -0.377 e. The monoisotopic (exact) mass is 230 g/mol. The number of aryl methyl sites for hydroxylation is 3. The van der Waals surface area contributed by atoms with Gasteiger partial charge in [-0.05, 0) is 32.4 Å². The molecule has 2 aromatic heterocycles. The highest BCUT2D eigenvalue weighted by Gasteiger charge is 2.12. The van der Waals surface area contributed by atoms with Crippen LogP contribution < -0.4 is 5.32 Å². The third kappa shape index (κ3) is 2.46. The van der Waals surface area contributed by atoms with Crippen LogP contribution in [-0.4, -0.2) is 14.8 Å². The van der Waals surface area contributed by atoms with Crippen LogP contribution in [0.25, 0.3) is 0 Å². The number of nitrogens with one attached hydrogen (secondary N) is 1. The Bertz CT molecular complexity index is 516. The number of pyridine rings is 1. The van der Waals surface area contributed by atoms with Crippen LogP contribution >= 0.6 is 0 Å². The predicted molar refractivity (Wildman–Crippen MR) is 69.0 cm³/mol. The standard InChI is InChI=1S/C13H18N4/c1-9-5-6-14-7-13(9)15-10(2)12-8-17(4)16-11(12)3/h5-8,10,15H,1-4H3. The van der Waals surface area contributed by atoms with E-state index in [1.54, 1.807) is 6.20 Å². The van der Waals surface area contributed by atoms with Crippen LogP contribution in [-0.2, 0) is 7.05 Å². The molecule has 2 aromatic rings. The largest absolute Gasteiger partial charge is 0.377 e. The summed E-state index contributed by atoms with van der Waals surface area (Å²) in [5, 5.41) is 7.82. The van der Waals surface area contributed by atoms with E-state index in [1.807, 2.05) is 30.9 Å². The molecule has 1 N–H and O–H groups in total. The molecule has 2 heterocycles. The maximum atomic E-state index is 4.36. The van der Waals surface area contributed by atoms with Crippen LogP contribution in [0.2, 0.25) is 0 Å². The summed E-state index contributed by atoms with van der Waals surface area (Å²) >= 11 is 0. The fraction of sp³-hybridized carbons (Fsp3) is 0.385. The number of hydrogen-bond acceptors (Lipinski definition) is 3. The molecular formula is C13H18N4. The highest BCUT2D eigenvalue weighted by molar-refractivity contribution is 5.49. The van der Waals surface area contributed by atoms with Gasteiger partial charge in [-0.15, -0.1) is 0 Å². The normalized spacial score (nSPS) is 12.5. The van der Waals surface area contributed by atoms with Gasteiger partial charge < -0.3 is 5.32 Å². The van der Waals surface area contributed by atoms with Crippen LogP contribution in [0.1, 0.15) is 29.8 Å². The first-order valence-corrected chi connectivity index (χ1v) is 5.75. The molecule has 0 saturated heterocycles. The van der Waals surface area contributed by atoms with Crippen molar-refractivity contribution in [1.29, 1.82) is 0 Å². The van der Waals surface area contributed by atoms with Gasteiger partial charge in [-0.1, -0.05) is 0 Å². The van der Waals surface area contributed by atoms with E-state index in [0.717, 1.165) is 11.4 Å². The van der Waals surface area contributed by atoms with Crippen LogP contribution in [0.5, 0.6) is 0 Å². The molecule has 0 aliphatic rings. The van der Waals surface area contributed by atoms with E-state index in [9.17, 15) is 0 Å². The second-order valence-electron chi connectivity index (χ2n) is 4.40. The van der Waals surface area contributed by atoms with Crippen LogP contribution in [0, 0.1) is 13.8 Å². The Labute approximate surface area is 102 Å². The summed E-state index contributed by atoms with van der Waals surface area (Å²) in [5.74, 6) is 0.